The molecule has 0 saturated carbocycles. The number of hydrogen-bond acceptors (Lipinski definition) is 5. The number of aryl methyl sites for hydroxylation is 2. The summed E-state index contributed by atoms with van der Waals surface area (Å²) >= 11 is 0. The van der Waals surface area contributed by atoms with Crippen LogP contribution >= 0.6 is 0 Å². The number of aromatic nitrogens is 2. The summed E-state index contributed by atoms with van der Waals surface area (Å²) in [5.41, 5.74) is 2.87. The van der Waals surface area contributed by atoms with Gasteiger partial charge < -0.3 is 20.1 Å². The predicted octanol–water partition coefficient (Wildman–Crippen LogP) is 2.63. The number of methoxy groups -OCH3 is 2. The normalized spacial score (nSPS) is 17.5. The highest BCUT2D eigenvalue weighted by Gasteiger charge is 2.41. The van der Waals surface area contributed by atoms with E-state index in [1.807, 2.05) is 25.1 Å². The molecule has 2 atom stereocenters. The number of rotatable bonds is 5. The van der Waals surface area contributed by atoms with Crippen molar-refractivity contribution in [3.8, 4) is 11.5 Å². The van der Waals surface area contributed by atoms with E-state index < -0.39 is 12.0 Å². The minimum Gasteiger partial charge on any atom is -0.497 e. The lowest BCUT2D eigenvalue weighted by Crippen LogP contribution is -2.50. The van der Waals surface area contributed by atoms with E-state index in [1.54, 1.807) is 56.3 Å². The predicted molar refractivity (Wildman–Crippen MR) is 116 cm³/mol. The molecule has 0 aliphatic carbocycles. The maximum absolute atomic E-state index is 13.1. The Morgan fingerprint density at radius 1 is 1.10 bits per heavy atom. The standard InChI is InChI=1S/C23H24N4O4/c1-13-18-19(15-10-16(30-3)12-17(11-15)31-4)20(23(29)25-21(18)27(2)26-13)24-22(28)14-8-6-5-7-9-14/h5-12,19-20H,1-4H3,(H,24,28)(H,25,29). The highest BCUT2D eigenvalue weighted by atomic mass is 16.5. The third-order valence-corrected chi connectivity index (χ3v) is 5.49. The Balaban J connectivity index is 1.84. The second-order valence-corrected chi connectivity index (χ2v) is 7.40. The van der Waals surface area contributed by atoms with Crippen molar-refractivity contribution >= 4 is 17.6 Å². The molecule has 0 saturated heterocycles. The smallest absolute Gasteiger partial charge is 0.251 e. The van der Waals surface area contributed by atoms with E-state index in [0.717, 1.165) is 16.8 Å². The zero-order valence-electron chi connectivity index (χ0n) is 17.8. The number of nitrogens with zero attached hydrogens (tertiary/aromatic N) is 2. The zero-order chi connectivity index (χ0) is 22.1. The maximum atomic E-state index is 13.1. The Labute approximate surface area is 180 Å². The van der Waals surface area contributed by atoms with E-state index in [1.165, 1.54) is 0 Å². The Morgan fingerprint density at radius 2 is 1.74 bits per heavy atom. The molecule has 8 nitrogen and oxygen atoms in total. The second kappa shape index (κ2) is 8.14. The van der Waals surface area contributed by atoms with E-state index in [2.05, 4.69) is 15.7 Å². The summed E-state index contributed by atoms with van der Waals surface area (Å²) in [7, 11) is 4.92. The van der Waals surface area contributed by atoms with Crippen molar-refractivity contribution in [1.29, 1.82) is 0 Å². The molecular weight excluding hydrogens is 396 g/mol. The van der Waals surface area contributed by atoms with Crippen LogP contribution in [0.1, 0.15) is 33.1 Å². The number of amides is 2. The first-order valence-corrected chi connectivity index (χ1v) is 9.86. The third-order valence-electron chi connectivity index (χ3n) is 5.49. The maximum Gasteiger partial charge on any atom is 0.251 e. The molecule has 160 valence electrons. The monoisotopic (exact) mass is 420 g/mol. The lowest BCUT2D eigenvalue weighted by molar-refractivity contribution is -0.118. The molecule has 3 aromatic rings. The number of hydrogen-bond donors (Lipinski definition) is 2. The quantitative estimate of drug-likeness (QED) is 0.662. The molecule has 4 rings (SSSR count). The molecule has 2 N–H and O–H groups in total. The van der Waals surface area contributed by atoms with Crippen LogP contribution in [-0.4, -0.2) is 41.9 Å². The first-order chi connectivity index (χ1) is 14.9. The Morgan fingerprint density at radius 3 is 2.35 bits per heavy atom. The average molecular weight is 420 g/mol. The van der Waals surface area contributed by atoms with Crippen LogP contribution in [0, 0.1) is 6.92 Å². The molecule has 0 fully saturated rings. The van der Waals surface area contributed by atoms with Gasteiger partial charge in [0.1, 0.15) is 23.4 Å². The van der Waals surface area contributed by atoms with Crippen LogP contribution in [0.5, 0.6) is 11.5 Å². The molecule has 2 heterocycles. The molecule has 31 heavy (non-hydrogen) atoms. The van der Waals surface area contributed by atoms with Crippen LogP contribution < -0.4 is 20.1 Å². The van der Waals surface area contributed by atoms with Crippen molar-refractivity contribution in [2.24, 2.45) is 7.05 Å². The van der Waals surface area contributed by atoms with Gasteiger partial charge in [-0.1, -0.05) is 18.2 Å². The van der Waals surface area contributed by atoms with Gasteiger partial charge in [0.25, 0.3) is 5.91 Å². The number of carbonyl (C=O) groups excluding carboxylic acids is 2. The number of fused-ring (bicyclic) bond motifs is 1. The minimum absolute atomic E-state index is 0.313. The summed E-state index contributed by atoms with van der Waals surface area (Å²) in [4.78, 5) is 26.1. The van der Waals surface area contributed by atoms with Gasteiger partial charge in [0.05, 0.1) is 19.9 Å². The summed E-state index contributed by atoms with van der Waals surface area (Å²) in [6.45, 7) is 1.89. The van der Waals surface area contributed by atoms with Crippen LogP contribution in [0.4, 0.5) is 5.82 Å². The van der Waals surface area contributed by atoms with Crippen molar-refractivity contribution in [2.45, 2.75) is 18.9 Å². The highest BCUT2D eigenvalue weighted by molar-refractivity contribution is 6.03. The molecule has 2 aromatic carbocycles. The summed E-state index contributed by atoms with van der Waals surface area (Å²) in [6, 6.07) is 13.4. The molecule has 2 unspecified atom stereocenters. The first-order valence-electron chi connectivity index (χ1n) is 9.86. The molecule has 1 aliphatic heterocycles. The van der Waals surface area contributed by atoms with Gasteiger partial charge in [-0.2, -0.15) is 5.10 Å². The van der Waals surface area contributed by atoms with Gasteiger partial charge in [0.15, 0.2) is 0 Å². The Bertz CT molecular complexity index is 1120. The minimum atomic E-state index is -0.847. The van der Waals surface area contributed by atoms with E-state index in [9.17, 15) is 9.59 Å². The molecule has 8 heteroatoms. The first kappa shape index (κ1) is 20.5. The van der Waals surface area contributed by atoms with Crippen LogP contribution in [0.25, 0.3) is 0 Å². The summed E-state index contributed by atoms with van der Waals surface area (Å²) in [6.07, 6.45) is 0. The fourth-order valence-corrected chi connectivity index (χ4v) is 4.04. The van der Waals surface area contributed by atoms with Gasteiger partial charge >= 0.3 is 0 Å². The third kappa shape index (κ3) is 3.72. The van der Waals surface area contributed by atoms with Gasteiger partial charge in [-0.3, -0.25) is 14.3 Å². The van der Waals surface area contributed by atoms with Gasteiger partial charge in [-0.05, 0) is 36.8 Å². The molecular formula is C23H24N4O4. The molecule has 2 amide bonds. The van der Waals surface area contributed by atoms with Crippen LogP contribution in [-0.2, 0) is 11.8 Å². The number of anilines is 1. The SMILES string of the molecule is COc1cc(OC)cc(C2c3c(C)nn(C)c3NC(=O)C2NC(=O)c2ccccc2)c1. The van der Waals surface area contributed by atoms with E-state index in [4.69, 9.17) is 9.47 Å². The molecule has 1 aliphatic rings. The van der Waals surface area contributed by atoms with Crippen molar-refractivity contribution in [3.63, 3.8) is 0 Å². The van der Waals surface area contributed by atoms with Gasteiger partial charge in [0.2, 0.25) is 5.91 Å². The molecule has 0 bridgehead atoms. The molecule has 0 spiro atoms. The summed E-state index contributed by atoms with van der Waals surface area (Å²) in [5.74, 6) is 0.680. The van der Waals surface area contributed by atoms with E-state index in [0.29, 0.717) is 22.9 Å². The molecule has 0 radical (unpaired) electrons. The number of ether oxygens (including phenoxy) is 2. The van der Waals surface area contributed by atoms with Crippen molar-refractivity contribution < 1.29 is 19.1 Å². The Hall–Kier alpha value is -3.81. The zero-order valence-corrected chi connectivity index (χ0v) is 17.8. The Kier molecular flexibility index (Phi) is 5.37. The van der Waals surface area contributed by atoms with Crippen molar-refractivity contribution in [1.82, 2.24) is 15.1 Å². The average Bonchev–Trinajstić information content (AvgIpc) is 3.06. The van der Waals surface area contributed by atoms with E-state index >= 15 is 0 Å². The summed E-state index contributed by atoms with van der Waals surface area (Å²) < 4.78 is 12.5. The van der Waals surface area contributed by atoms with E-state index in [-0.39, 0.29) is 11.8 Å². The molecule has 1 aromatic heterocycles. The number of benzene rings is 2. The van der Waals surface area contributed by atoms with Gasteiger partial charge in [0, 0.05) is 30.2 Å². The lowest BCUT2D eigenvalue weighted by atomic mass is 9.81. The fraction of sp³-hybridized carbons (Fsp3) is 0.261. The van der Waals surface area contributed by atoms with Crippen molar-refractivity contribution in [3.05, 3.63) is 70.9 Å². The topological polar surface area (TPSA) is 94.5 Å². The second-order valence-electron chi connectivity index (χ2n) is 7.40. The van der Waals surface area contributed by atoms with Crippen molar-refractivity contribution in [2.75, 3.05) is 19.5 Å². The fourth-order valence-electron chi connectivity index (χ4n) is 4.04. The van der Waals surface area contributed by atoms with Crippen LogP contribution in [0.3, 0.4) is 0 Å². The van der Waals surface area contributed by atoms with Crippen LogP contribution in [0.2, 0.25) is 0 Å². The van der Waals surface area contributed by atoms with Gasteiger partial charge in [-0.15, -0.1) is 0 Å². The van der Waals surface area contributed by atoms with Crippen LogP contribution in [0.15, 0.2) is 48.5 Å². The lowest BCUT2D eigenvalue weighted by Gasteiger charge is -2.33. The highest BCUT2D eigenvalue weighted by Crippen LogP contribution is 2.41. The number of nitrogens with one attached hydrogen (secondary N) is 2. The largest absolute Gasteiger partial charge is 0.497 e. The number of carbonyl (C=O) groups is 2. The summed E-state index contributed by atoms with van der Waals surface area (Å²) in [5, 5.41) is 10.3. The van der Waals surface area contributed by atoms with Gasteiger partial charge in [-0.25, -0.2) is 0 Å².